The van der Waals surface area contributed by atoms with Gasteiger partial charge in [0.05, 0.1) is 11.5 Å². The summed E-state index contributed by atoms with van der Waals surface area (Å²) in [7, 11) is 0. The molecule has 2 N–H and O–H groups in total. The van der Waals surface area contributed by atoms with Gasteiger partial charge in [-0.25, -0.2) is 8.78 Å². The number of benzene rings is 2. The lowest BCUT2D eigenvalue weighted by atomic mass is 9.87. The highest BCUT2D eigenvalue weighted by molar-refractivity contribution is 5.94. The van der Waals surface area contributed by atoms with E-state index in [9.17, 15) is 18.4 Å². The van der Waals surface area contributed by atoms with Crippen LogP contribution in [0.4, 0.5) is 8.78 Å². The minimum Gasteiger partial charge on any atom is -0.355 e. The van der Waals surface area contributed by atoms with E-state index in [-0.39, 0.29) is 35.0 Å². The number of likely N-dealkylation sites (tertiary alicyclic amines) is 1. The first-order chi connectivity index (χ1) is 19.5. The Morgan fingerprint density at radius 3 is 2.50 bits per heavy atom. The van der Waals surface area contributed by atoms with E-state index in [1.54, 1.807) is 0 Å². The van der Waals surface area contributed by atoms with Crippen molar-refractivity contribution in [3.63, 3.8) is 0 Å². The average Bonchev–Trinajstić information content (AvgIpc) is 3.56. The van der Waals surface area contributed by atoms with Gasteiger partial charge in [-0.1, -0.05) is 54.8 Å². The van der Waals surface area contributed by atoms with Crippen molar-refractivity contribution in [2.45, 2.75) is 69.0 Å². The van der Waals surface area contributed by atoms with Crippen LogP contribution in [0, 0.1) is 17.6 Å². The van der Waals surface area contributed by atoms with E-state index in [1.807, 2.05) is 18.2 Å². The molecule has 9 heteroatoms. The average molecular weight is 549 g/mol. The van der Waals surface area contributed by atoms with Gasteiger partial charge in [0, 0.05) is 49.3 Å². The largest absolute Gasteiger partial charge is 0.355 e. The summed E-state index contributed by atoms with van der Waals surface area (Å²) >= 11 is 0. The Morgan fingerprint density at radius 1 is 0.925 bits per heavy atom. The fourth-order valence-corrected chi connectivity index (χ4v) is 6.35. The van der Waals surface area contributed by atoms with Gasteiger partial charge in [0.25, 0.3) is 5.91 Å². The first-order valence-electron chi connectivity index (χ1n) is 14.3. The number of rotatable bonds is 7. The van der Waals surface area contributed by atoms with E-state index in [0.717, 1.165) is 37.9 Å². The molecule has 0 unspecified atom stereocenters. The monoisotopic (exact) mass is 548 g/mol. The van der Waals surface area contributed by atoms with Crippen molar-refractivity contribution in [1.82, 2.24) is 20.7 Å². The molecule has 4 atom stereocenters. The van der Waals surface area contributed by atoms with Gasteiger partial charge in [-0.15, -0.1) is 0 Å². The molecule has 210 valence electrons. The minimum absolute atomic E-state index is 0.0149. The van der Waals surface area contributed by atoms with Gasteiger partial charge in [-0.05, 0) is 43.4 Å². The van der Waals surface area contributed by atoms with Crippen LogP contribution in [0.3, 0.4) is 0 Å². The van der Waals surface area contributed by atoms with Crippen LogP contribution in [0.1, 0.15) is 66.9 Å². The standard InChI is InChI=1S/C31H34F2N4O3/c32-20-11-12-22(25(33)15-20)29-17-28(36-40-29)31(39)34-26-13-14-37(21-9-5-2-6-10-21)18-24(26)30(38)35-27-16-23(27)19-7-3-1-4-8-19/h1,3-4,7-8,11-12,15,17,21,23-24,26-27H,2,5-6,9-10,13-14,16,18H2,(H,34,39)(H,35,38)/t23-,24-,26-,27+/m1/s1. The molecule has 0 bridgehead atoms. The number of amides is 2. The summed E-state index contributed by atoms with van der Waals surface area (Å²) in [4.78, 5) is 29.3. The number of carbonyl (C=O) groups is 2. The van der Waals surface area contributed by atoms with Crippen LogP contribution in [0.2, 0.25) is 0 Å². The fourth-order valence-electron chi connectivity index (χ4n) is 6.35. The van der Waals surface area contributed by atoms with E-state index in [0.29, 0.717) is 24.9 Å². The molecule has 6 rings (SSSR count). The number of halogens is 2. The van der Waals surface area contributed by atoms with E-state index < -0.39 is 23.5 Å². The molecular weight excluding hydrogens is 514 g/mol. The Labute approximate surface area is 232 Å². The van der Waals surface area contributed by atoms with Gasteiger partial charge in [-0.3, -0.25) is 14.5 Å². The molecule has 1 aromatic heterocycles. The van der Waals surface area contributed by atoms with Gasteiger partial charge in [0.15, 0.2) is 11.5 Å². The molecule has 2 amide bonds. The molecule has 1 saturated heterocycles. The van der Waals surface area contributed by atoms with Gasteiger partial charge < -0.3 is 15.2 Å². The maximum atomic E-state index is 14.2. The van der Waals surface area contributed by atoms with Crippen molar-refractivity contribution >= 4 is 11.8 Å². The number of carbonyl (C=O) groups excluding carboxylic acids is 2. The first-order valence-corrected chi connectivity index (χ1v) is 14.3. The highest BCUT2D eigenvalue weighted by Gasteiger charge is 2.43. The number of aromatic nitrogens is 1. The van der Waals surface area contributed by atoms with Gasteiger partial charge in [0.1, 0.15) is 11.6 Å². The Kier molecular flexibility index (Phi) is 7.65. The first kappa shape index (κ1) is 26.6. The summed E-state index contributed by atoms with van der Waals surface area (Å²) in [6.07, 6.45) is 7.52. The lowest BCUT2D eigenvalue weighted by Crippen LogP contribution is -2.58. The summed E-state index contributed by atoms with van der Waals surface area (Å²) in [6.45, 7) is 1.40. The number of nitrogens with zero attached hydrogens (tertiary/aromatic N) is 2. The zero-order valence-electron chi connectivity index (χ0n) is 22.3. The maximum absolute atomic E-state index is 14.2. The smallest absolute Gasteiger partial charge is 0.273 e. The predicted molar refractivity (Wildman–Crippen MR) is 145 cm³/mol. The lowest BCUT2D eigenvalue weighted by Gasteiger charge is -2.43. The van der Waals surface area contributed by atoms with Gasteiger partial charge >= 0.3 is 0 Å². The number of nitrogens with one attached hydrogen (secondary N) is 2. The molecular formula is C31H34F2N4O3. The number of piperidine rings is 1. The molecule has 2 heterocycles. The zero-order valence-corrected chi connectivity index (χ0v) is 22.3. The van der Waals surface area contributed by atoms with Crippen molar-refractivity contribution in [2.75, 3.05) is 13.1 Å². The highest BCUT2D eigenvalue weighted by atomic mass is 19.1. The Hall–Kier alpha value is -3.59. The fraction of sp³-hybridized carbons (Fsp3) is 0.452. The van der Waals surface area contributed by atoms with Crippen LogP contribution in [0.5, 0.6) is 0 Å². The van der Waals surface area contributed by atoms with E-state index in [2.05, 4.69) is 32.8 Å². The third kappa shape index (κ3) is 5.80. The molecule has 1 aliphatic heterocycles. The van der Waals surface area contributed by atoms with Crippen LogP contribution in [-0.4, -0.2) is 53.1 Å². The van der Waals surface area contributed by atoms with Gasteiger partial charge in [-0.2, -0.15) is 0 Å². The summed E-state index contributed by atoms with van der Waals surface area (Å²) in [5.41, 5.74) is 1.23. The van der Waals surface area contributed by atoms with Crippen molar-refractivity contribution in [1.29, 1.82) is 0 Å². The van der Waals surface area contributed by atoms with E-state index in [4.69, 9.17) is 4.52 Å². The van der Waals surface area contributed by atoms with Crippen molar-refractivity contribution in [3.05, 3.63) is 77.5 Å². The summed E-state index contributed by atoms with van der Waals surface area (Å²) in [6, 6.07) is 14.9. The molecule has 3 fully saturated rings. The molecule has 2 aliphatic carbocycles. The molecule has 3 aromatic rings. The quantitative estimate of drug-likeness (QED) is 0.432. The van der Waals surface area contributed by atoms with E-state index >= 15 is 0 Å². The molecule has 3 aliphatic rings. The summed E-state index contributed by atoms with van der Waals surface area (Å²) in [5.74, 6) is -2.09. The highest BCUT2D eigenvalue weighted by Crippen LogP contribution is 2.41. The lowest BCUT2D eigenvalue weighted by molar-refractivity contribution is -0.128. The second kappa shape index (κ2) is 11.5. The predicted octanol–water partition coefficient (Wildman–Crippen LogP) is 5.05. The van der Waals surface area contributed by atoms with Crippen LogP contribution in [0.15, 0.2) is 59.1 Å². The molecule has 0 radical (unpaired) electrons. The molecule has 40 heavy (non-hydrogen) atoms. The van der Waals surface area contributed by atoms with Crippen molar-refractivity contribution < 1.29 is 22.9 Å². The molecule has 0 spiro atoms. The van der Waals surface area contributed by atoms with Crippen LogP contribution < -0.4 is 10.6 Å². The van der Waals surface area contributed by atoms with Crippen molar-refractivity contribution in [2.24, 2.45) is 5.92 Å². The van der Waals surface area contributed by atoms with Crippen LogP contribution in [0.25, 0.3) is 11.3 Å². The maximum Gasteiger partial charge on any atom is 0.273 e. The topological polar surface area (TPSA) is 87.5 Å². The van der Waals surface area contributed by atoms with Gasteiger partial charge in [0.2, 0.25) is 5.91 Å². The number of hydrogen-bond donors (Lipinski definition) is 2. The Bertz CT molecular complexity index is 1360. The second-order valence-electron chi connectivity index (χ2n) is 11.3. The summed E-state index contributed by atoms with van der Waals surface area (Å²) in [5, 5.41) is 10.1. The molecule has 7 nitrogen and oxygen atoms in total. The van der Waals surface area contributed by atoms with Crippen LogP contribution >= 0.6 is 0 Å². The van der Waals surface area contributed by atoms with Crippen LogP contribution in [-0.2, 0) is 4.79 Å². The third-order valence-electron chi connectivity index (χ3n) is 8.67. The zero-order chi connectivity index (χ0) is 27.6. The molecule has 2 aromatic carbocycles. The third-order valence-corrected chi connectivity index (χ3v) is 8.67. The Balaban J connectivity index is 1.15. The Morgan fingerprint density at radius 2 is 1.73 bits per heavy atom. The number of hydrogen-bond acceptors (Lipinski definition) is 5. The summed E-state index contributed by atoms with van der Waals surface area (Å²) < 4.78 is 32.7. The normalized spacial score (nSPS) is 25.4. The van der Waals surface area contributed by atoms with Crippen molar-refractivity contribution in [3.8, 4) is 11.3 Å². The minimum atomic E-state index is -0.802. The molecule has 2 saturated carbocycles. The second-order valence-corrected chi connectivity index (χ2v) is 11.3. The van der Waals surface area contributed by atoms with E-state index in [1.165, 1.54) is 37.0 Å². The SMILES string of the molecule is O=C(N[C@@H]1CCN(C2CCCCC2)C[C@H]1C(=O)N[C@H]1C[C@@H]1c1ccccc1)c1cc(-c2ccc(F)cc2F)on1.